The number of allylic oxidation sites excluding steroid dienone is 1. The largest absolute Gasteiger partial charge is 0.338 e. The van der Waals surface area contributed by atoms with E-state index in [-0.39, 0.29) is 5.43 Å². The number of rotatable bonds is 14. The van der Waals surface area contributed by atoms with E-state index in [9.17, 15) is 4.79 Å². The summed E-state index contributed by atoms with van der Waals surface area (Å²) in [4.78, 5) is 12.5. The van der Waals surface area contributed by atoms with Crippen molar-refractivity contribution in [3.05, 3.63) is 52.3 Å². The molecule has 0 radical (unpaired) electrons. The van der Waals surface area contributed by atoms with Crippen molar-refractivity contribution in [2.45, 2.75) is 89.5 Å². The SMILES string of the molecule is O=c1cc(/C=C/CCCCCCCCCCCCBr)n(C2CC2)c2ccccc12. The number of hydrogen-bond acceptors (Lipinski definition) is 1. The van der Waals surface area contributed by atoms with Crippen molar-refractivity contribution in [3.8, 4) is 0 Å². The highest BCUT2D eigenvalue weighted by Crippen LogP contribution is 2.38. The summed E-state index contributed by atoms with van der Waals surface area (Å²) in [5.74, 6) is 0. The van der Waals surface area contributed by atoms with Crippen LogP contribution in [0.4, 0.5) is 0 Å². The number of hydrogen-bond donors (Lipinski definition) is 0. The predicted octanol–water partition coefficient (Wildman–Crippen LogP) is 8.04. The van der Waals surface area contributed by atoms with Gasteiger partial charge in [-0.3, -0.25) is 4.79 Å². The van der Waals surface area contributed by atoms with E-state index in [4.69, 9.17) is 0 Å². The van der Waals surface area contributed by atoms with Crippen molar-refractivity contribution < 1.29 is 0 Å². The molecule has 0 bridgehead atoms. The number of alkyl halides is 1. The van der Waals surface area contributed by atoms with Gasteiger partial charge in [-0.05, 0) is 50.3 Å². The molecule has 0 atom stereocenters. The lowest BCUT2D eigenvalue weighted by atomic mass is 10.1. The highest BCUT2D eigenvalue weighted by Gasteiger charge is 2.26. The van der Waals surface area contributed by atoms with E-state index in [1.807, 2.05) is 24.3 Å². The third-order valence-electron chi connectivity index (χ3n) is 5.94. The Morgan fingerprint density at radius 1 is 0.897 bits per heavy atom. The average molecular weight is 458 g/mol. The van der Waals surface area contributed by atoms with Crippen molar-refractivity contribution >= 4 is 32.9 Å². The van der Waals surface area contributed by atoms with Crippen LogP contribution in [0.25, 0.3) is 17.0 Å². The van der Waals surface area contributed by atoms with Crippen molar-refractivity contribution in [2.24, 2.45) is 0 Å². The molecule has 1 aromatic carbocycles. The van der Waals surface area contributed by atoms with E-state index in [0.29, 0.717) is 6.04 Å². The lowest BCUT2D eigenvalue weighted by molar-refractivity contribution is 0.558. The summed E-state index contributed by atoms with van der Waals surface area (Å²) in [5, 5.41) is 2.00. The topological polar surface area (TPSA) is 22.0 Å². The maximum Gasteiger partial charge on any atom is 0.190 e. The Balaban J connectivity index is 1.38. The summed E-state index contributed by atoms with van der Waals surface area (Å²) in [6.45, 7) is 0. The third-order valence-corrected chi connectivity index (χ3v) is 6.50. The Hall–Kier alpha value is -1.35. The third kappa shape index (κ3) is 7.13. The van der Waals surface area contributed by atoms with Crippen LogP contribution in [0.1, 0.15) is 95.2 Å². The van der Waals surface area contributed by atoms with E-state index in [1.165, 1.54) is 77.0 Å². The second-order valence-electron chi connectivity index (χ2n) is 8.47. The van der Waals surface area contributed by atoms with Crippen LogP contribution in [0.2, 0.25) is 0 Å². The van der Waals surface area contributed by atoms with Gasteiger partial charge < -0.3 is 4.57 Å². The number of para-hydroxylation sites is 1. The maximum atomic E-state index is 12.5. The van der Waals surface area contributed by atoms with Crippen molar-refractivity contribution in [2.75, 3.05) is 5.33 Å². The summed E-state index contributed by atoms with van der Waals surface area (Å²) >= 11 is 3.50. The van der Waals surface area contributed by atoms with E-state index in [0.717, 1.165) is 28.3 Å². The maximum absolute atomic E-state index is 12.5. The molecular weight excluding hydrogens is 422 g/mol. The van der Waals surface area contributed by atoms with Gasteiger partial charge in [0.25, 0.3) is 0 Å². The average Bonchev–Trinajstić information content (AvgIpc) is 3.57. The van der Waals surface area contributed by atoms with Gasteiger partial charge in [-0.25, -0.2) is 0 Å². The van der Waals surface area contributed by atoms with Gasteiger partial charge in [-0.2, -0.15) is 0 Å². The van der Waals surface area contributed by atoms with Crippen LogP contribution in [0.15, 0.2) is 41.2 Å². The van der Waals surface area contributed by atoms with Gasteiger partial charge in [0.2, 0.25) is 0 Å². The van der Waals surface area contributed by atoms with E-state index in [2.05, 4.69) is 38.7 Å². The minimum Gasteiger partial charge on any atom is -0.338 e. The molecule has 1 fully saturated rings. The molecule has 1 heterocycles. The molecule has 3 rings (SSSR count). The Labute approximate surface area is 184 Å². The zero-order valence-corrected chi connectivity index (χ0v) is 19.3. The smallest absolute Gasteiger partial charge is 0.190 e. The monoisotopic (exact) mass is 457 g/mol. The van der Waals surface area contributed by atoms with Crippen LogP contribution in [0.5, 0.6) is 0 Å². The van der Waals surface area contributed by atoms with Gasteiger partial charge in [-0.1, -0.05) is 85.5 Å². The molecule has 1 aliphatic carbocycles. The number of fused-ring (bicyclic) bond motifs is 1. The molecule has 29 heavy (non-hydrogen) atoms. The molecule has 2 aromatic rings. The van der Waals surface area contributed by atoms with Gasteiger partial charge in [0.15, 0.2) is 5.43 Å². The first-order valence-corrected chi connectivity index (χ1v) is 12.8. The van der Waals surface area contributed by atoms with Crippen LogP contribution in [0, 0.1) is 0 Å². The minimum absolute atomic E-state index is 0.143. The molecule has 1 aromatic heterocycles. The Kier molecular flexibility index (Phi) is 9.53. The number of pyridine rings is 1. The van der Waals surface area contributed by atoms with Crippen molar-refractivity contribution in [1.82, 2.24) is 4.57 Å². The summed E-state index contributed by atoms with van der Waals surface area (Å²) in [6.07, 6.45) is 21.6. The zero-order chi connectivity index (χ0) is 20.3. The Morgan fingerprint density at radius 3 is 2.17 bits per heavy atom. The first kappa shape index (κ1) is 22.3. The number of aromatic nitrogens is 1. The van der Waals surface area contributed by atoms with Crippen LogP contribution >= 0.6 is 15.9 Å². The van der Waals surface area contributed by atoms with Gasteiger partial charge >= 0.3 is 0 Å². The molecule has 3 heteroatoms. The lowest BCUT2D eigenvalue weighted by Crippen LogP contribution is -2.11. The van der Waals surface area contributed by atoms with Gasteiger partial charge in [0, 0.05) is 28.5 Å². The van der Waals surface area contributed by atoms with Crippen LogP contribution in [0.3, 0.4) is 0 Å². The molecule has 0 unspecified atom stereocenters. The minimum atomic E-state index is 0.143. The molecule has 0 spiro atoms. The van der Waals surface area contributed by atoms with E-state index < -0.39 is 0 Å². The molecule has 0 amide bonds. The van der Waals surface area contributed by atoms with Crippen LogP contribution < -0.4 is 5.43 Å². The molecular formula is C26H36BrNO. The molecule has 2 nitrogen and oxygen atoms in total. The van der Waals surface area contributed by atoms with Crippen LogP contribution in [-0.4, -0.2) is 9.90 Å². The molecule has 0 N–H and O–H groups in total. The normalized spacial score (nSPS) is 14.2. The highest BCUT2D eigenvalue weighted by molar-refractivity contribution is 9.09. The zero-order valence-electron chi connectivity index (χ0n) is 17.8. The highest BCUT2D eigenvalue weighted by atomic mass is 79.9. The second kappa shape index (κ2) is 12.4. The van der Waals surface area contributed by atoms with Crippen molar-refractivity contribution in [1.29, 1.82) is 0 Å². The summed E-state index contributed by atoms with van der Waals surface area (Å²) in [6, 6.07) is 10.4. The fourth-order valence-electron chi connectivity index (χ4n) is 4.16. The summed E-state index contributed by atoms with van der Waals surface area (Å²) in [7, 11) is 0. The van der Waals surface area contributed by atoms with Gasteiger partial charge in [0.1, 0.15) is 0 Å². The first-order chi connectivity index (χ1) is 14.3. The molecule has 0 saturated heterocycles. The van der Waals surface area contributed by atoms with Gasteiger partial charge in [0.05, 0.1) is 5.52 Å². The van der Waals surface area contributed by atoms with E-state index >= 15 is 0 Å². The van der Waals surface area contributed by atoms with Gasteiger partial charge in [-0.15, -0.1) is 0 Å². The fourth-order valence-corrected chi connectivity index (χ4v) is 4.55. The molecule has 1 saturated carbocycles. The molecule has 0 aliphatic heterocycles. The van der Waals surface area contributed by atoms with Crippen molar-refractivity contribution in [3.63, 3.8) is 0 Å². The Morgan fingerprint density at radius 2 is 1.52 bits per heavy atom. The Bertz CT molecular complexity index is 834. The number of unbranched alkanes of at least 4 members (excludes halogenated alkanes) is 10. The fraction of sp³-hybridized carbons (Fsp3) is 0.577. The summed E-state index contributed by atoms with van der Waals surface area (Å²) in [5.41, 5.74) is 2.31. The number of halogens is 1. The predicted molar refractivity (Wildman–Crippen MR) is 130 cm³/mol. The number of benzene rings is 1. The quantitative estimate of drug-likeness (QED) is 0.207. The van der Waals surface area contributed by atoms with Crippen LogP contribution in [-0.2, 0) is 0 Å². The van der Waals surface area contributed by atoms with E-state index in [1.54, 1.807) is 0 Å². The lowest BCUT2D eigenvalue weighted by Gasteiger charge is -2.14. The first-order valence-electron chi connectivity index (χ1n) is 11.7. The number of nitrogens with zero attached hydrogens (tertiary/aromatic N) is 1. The molecule has 1 aliphatic rings. The standard InChI is InChI=1S/C26H36BrNO/c27-20-14-10-8-6-4-2-1-3-5-7-9-11-15-23-21-26(29)24-16-12-13-17-25(24)28(23)22-18-19-22/h11-13,15-17,21-22H,1-10,14,18-20H2/b15-11+. The molecule has 158 valence electrons. The summed E-state index contributed by atoms with van der Waals surface area (Å²) < 4.78 is 2.38. The second-order valence-corrected chi connectivity index (χ2v) is 9.26.